The van der Waals surface area contributed by atoms with Gasteiger partial charge in [-0.1, -0.05) is 0 Å². The third kappa shape index (κ3) is 3.82. The third-order valence-corrected chi connectivity index (χ3v) is 5.77. The predicted molar refractivity (Wildman–Crippen MR) is 102 cm³/mol. The molecule has 4 heterocycles. The van der Waals surface area contributed by atoms with Crippen molar-refractivity contribution < 1.29 is 9.53 Å². The van der Waals surface area contributed by atoms with Gasteiger partial charge in [0.2, 0.25) is 5.91 Å². The summed E-state index contributed by atoms with van der Waals surface area (Å²) in [5.41, 5.74) is 0.866. The number of rotatable bonds is 5. The average molecular weight is 372 g/mol. The Hall–Kier alpha value is -2.15. The zero-order chi connectivity index (χ0) is 17.9. The van der Waals surface area contributed by atoms with E-state index in [0.717, 1.165) is 48.3 Å². The van der Waals surface area contributed by atoms with Crippen molar-refractivity contribution in [3.63, 3.8) is 0 Å². The lowest BCUT2D eigenvalue weighted by molar-refractivity contribution is -0.129. The summed E-state index contributed by atoms with van der Waals surface area (Å²) in [6, 6.07) is 3.90. The molecule has 7 heteroatoms. The summed E-state index contributed by atoms with van der Waals surface area (Å²) in [6.45, 7) is 5.41. The highest BCUT2D eigenvalue weighted by Crippen LogP contribution is 2.30. The number of likely N-dealkylation sites (tertiary alicyclic amines) is 1. The van der Waals surface area contributed by atoms with Gasteiger partial charge in [0.15, 0.2) is 11.6 Å². The fourth-order valence-corrected chi connectivity index (χ4v) is 4.24. The van der Waals surface area contributed by atoms with E-state index < -0.39 is 0 Å². The van der Waals surface area contributed by atoms with Crippen molar-refractivity contribution in [2.24, 2.45) is 0 Å². The number of aryl methyl sites for hydroxylation is 1. The number of hydrogen-bond donors (Lipinski definition) is 0. The molecule has 2 aliphatic heterocycles. The Morgan fingerprint density at radius 1 is 1.35 bits per heavy atom. The van der Waals surface area contributed by atoms with Crippen LogP contribution in [0.4, 0.5) is 5.82 Å². The van der Waals surface area contributed by atoms with E-state index in [1.165, 1.54) is 12.8 Å². The summed E-state index contributed by atoms with van der Waals surface area (Å²) < 4.78 is 6.24. The number of thiazole rings is 1. The summed E-state index contributed by atoms with van der Waals surface area (Å²) in [6.07, 6.45) is 5.50. The van der Waals surface area contributed by atoms with Gasteiger partial charge in [-0.3, -0.25) is 4.79 Å². The molecule has 0 radical (unpaired) electrons. The molecule has 2 saturated heterocycles. The number of ether oxygens (including phenoxy) is 1. The summed E-state index contributed by atoms with van der Waals surface area (Å²) in [5, 5.41) is 2.97. The van der Waals surface area contributed by atoms with Gasteiger partial charge in [0.25, 0.3) is 0 Å². The average Bonchev–Trinajstić information content (AvgIpc) is 3.38. The van der Waals surface area contributed by atoms with Crippen LogP contribution in [0.2, 0.25) is 0 Å². The van der Waals surface area contributed by atoms with Crippen LogP contribution in [0.3, 0.4) is 0 Å². The quantitative estimate of drug-likeness (QED) is 0.808. The topological polar surface area (TPSA) is 58.6 Å². The fraction of sp³-hybridized carbons (Fsp3) is 0.526. The molecule has 6 nitrogen and oxygen atoms in total. The molecule has 1 unspecified atom stereocenters. The number of carbonyl (C=O) groups excluding carboxylic acids is 1. The van der Waals surface area contributed by atoms with E-state index in [-0.39, 0.29) is 12.0 Å². The van der Waals surface area contributed by atoms with E-state index >= 15 is 0 Å². The lowest BCUT2D eigenvalue weighted by atomic mass is 10.3. The molecule has 0 saturated carbocycles. The molecular weight excluding hydrogens is 348 g/mol. The Morgan fingerprint density at radius 3 is 2.96 bits per heavy atom. The van der Waals surface area contributed by atoms with Crippen molar-refractivity contribution >= 4 is 23.1 Å². The highest BCUT2D eigenvalue weighted by atomic mass is 32.1. The minimum absolute atomic E-state index is 0.0293. The van der Waals surface area contributed by atoms with Gasteiger partial charge in [-0.05, 0) is 31.9 Å². The molecule has 26 heavy (non-hydrogen) atoms. The largest absolute Gasteiger partial charge is 0.485 e. The zero-order valence-corrected chi connectivity index (χ0v) is 15.9. The van der Waals surface area contributed by atoms with E-state index in [4.69, 9.17) is 4.74 Å². The van der Waals surface area contributed by atoms with Gasteiger partial charge >= 0.3 is 0 Å². The van der Waals surface area contributed by atoms with E-state index in [0.29, 0.717) is 13.0 Å². The number of anilines is 1. The van der Waals surface area contributed by atoms with E-state index in [9.17, 15) is 4.79 Å². The van der Waals surface area contributed by atoms with Crippen molar-refractivity contribution in [2.75, 3.05) is 31.1 Å². The second kappa shape index (κ2) is 7.61. The second-order valence-corrected chi connectivity index (χ2v) is 7.98. The number of pyridine rings is 1. The SMILES string of the molecule is Cc1nc(CC(=O)N2CCC(Oc3cccnc3N3CCCC3)C2)cs1. The lowest BCUT2D eigenvalue weighted by Crippen LogP contribution is -2.32. The maximum atomic E-state index is 12.5. The first-order valence-corrected chi connectivity index (χ1v) is 10.1. The standard InChI is InChI=1S/C19H24N4O2S/c1-14-21-15(13-26-14)11-18(24)23-10-6-16(12-23)25-17-5-4-7-20-19(17)22-8-2-3-9-22/h4-5,7,13,16H,2-3,6,8-12H2,1H3. The molecule has 0 aromatic carbocycles. The van der Waals surface area contributed by atoms with Gasteiger partial charge in [0.05, 0.1) is 23.7 Å². The van der Waals surface area contributed by atoms with Crippen LogP contribution in [-0.2, 0) is 11.2 Å². The van der Waals surface area contributed by atoms with Gasteiger partial charge < -0.3 is 14.5 Å². The van der Waals surface area contributed by atoms with Crippen LogP contribution < -0.4 is 9.64 Å². The third-order valence-electron chi connectivity index (χ3n) is 4.95. The Morgan fingerprint density at radius 2 is 2.19 bits per heavy atom. The molecule has 2 fully saturated rings. The van der Waals surface area contributed by atoms with E-state index in [1.54, 1.807) is 11.3 Å². The molecule has 2 aromatic heterocycles. The summed E-state index contributed by atoms with van der Waals surface area (Å²) in [7, 11) is 0. The molecule has 138 valence electrons. The van der Waals surface area contributed by atoms with Gasteiger partial charge in [-0.15, -0.1) is 11.3 Å². The summed E-state index contributed by atoms with van der Waals surface area (Å²) >= 11 is 1.59. The molecule has 0 bridgehead atoms. The first kappa shape index (κ1) is 17.3. The van der Waals surface area contributed by atoms with Crippen LogP contribution in [-0.4, -0.2) is 53.1 Å². The Bertz CT molecular complexity index is 772. The number of amides is 1. The Labute approximate surface area is 157 Å². The molecule has 1 atom stereocenters. The van der Waals surface area contributed by atoms with E-state index in [2.05, 4.69) is 14.9 Å². The monoisotopic (exact) mass is 372 g/mol. The summed E-state index contributed by atoms with van der Waals surface area (Å²) in [4.78, 5) is 25.6. The number of aromatic nitrogens is 2. The highest BCUT2D eigenvalue weighted by molar-refractivity contribution is 7.09. The maximum Gasteiger partial charge on any atom is 0.228 e. The molecule has 0 aliphatic carbocycles. The molecular formula is C19H24N4O2S. The van der Waals surface area contributed by atoms with Crippen molar-refractivity contribution in [1.82, 2.24) is 14.9 Å². The number of hydrogen-bond acceptors (Lipinski definition) is 6. The van der Waals surface area contributed by atoms with Crippen molar-refractivity contribution in [3.05, 3.63) is 34.4 Å². The Kier molecular flexibility index (Phi) is 5.06. The van der Waals surface area contributed by atoms with Gasteiger partial charge in [0.1, 0.15) is 6.10 Å². The molecule has 1 amide bonds. The number of nitrogens with zero attached hydrogens (tertiary/aromatic N) is 4. The molecule has 0 N–H and O–H groups in total. The van der Waals surface area contributed by atoms with Gasteiger partial charge in [-0.2, -0.15) is 0 Å². The summed E-state index contributed by atoms with van der Waals surface area (Å²) in [5.74, 6) is 1.91. The zero-order valence-electron chi connectivity index (χ0n) is 15.1. The molecule has 0 spiro atoms. The maximum absolute atomic E-state index is 12.5. The van der Waals surface area contributed by atoms with Crippen LogP contribution in [0.1, 0.15) is 30.0 Å². The first-order valence-electron chi connectivity index (χ1n) is 9.24. The number of carbonyl (C=O) groups is 1. The molecule has 4 rings (SSSR count). The van der Waals surface area contributed by atoms with Crippen LogP contribution in [0.25, 0.3) is 0 Å². The minimum atomic E-state index is 0.0293. The normalized spacial score (nSPS) is 20.0. The Balaban J connectivity index is 1.36. The first-order chi connectivity index (χ1) is 12.7. The van der Waals surface area contributed by atoms with Crippen molar-refractivity contribution in [3.8, 4) is 5.75 Å². The smallest absolute Gasteiger partial charge is 0.228 e. The van der Waals surface area contributed by atoms with Crippen LogP contribution >= 0.6 is 11.3 Å². The second-order valence-electron chi connectivity index (χ2n) is 6.92. The van der Waals surface area contributed by atoms with Crippen LogP contribution in [0.5, 0.6) is 5.75 Å². The molecule has 2 aromatic rings. The highest BCUT2D eigenvalue weighted by Gasteiger charge is 2.29. The molecule has 2 aliphatic rings. The van der Waals surface area contributed by atoms with Gasteiger partial charge in [0, 0.05) is 37.6 Å². The minimum Gasteiger partial charge on any atom is -0.485 e. The van der Waals surface area contributed by atoms with Crippen LogP contribution in [0.15, 0.2) is 23.7 Å². The van der Waals surface area contributed by atoms with Gasteiger partial charge in [-0.25, -0.2) is 9.97 Å². The predicted octanol–water partition coefficient (Wildman–Crippen LogP) is 2.67. The van der Waals surface area contributed by atoms with Crippen molar-refractivity contribution in [2.45, 2.75) is 38.7 Å². The fourth-order valence-electron chi connectivity index (χ4n) is 3.63. The van der Waals surface area contributed by atoms with Crippen molar-refractivity contribution in [1.29, 1.82) is 0 Å². The van der Waals surface area contributed by atoms with Crippen LogP contribution in [0, 0.1) is 6.92 Å². The lowest BCUT2D eigenvalue weighted by Gasteiger charge is -2.22. The van der Waals surface area contributed by atoms with E-state index in [1.807, 2.05) is 35.5 Å².